The predicted octanol–water partition coefficient (Wildman–Crippen LogP) is 2.85. The highest BCUT2D eigenvalue weighted by Gasteiger charge is 2.30. The zero-order valence-electron chi connectivity index (χ0n) is 18.2. The van der Waals surface area contributed by atoms with E-state index in [0.29, 0.717) is 6.04 Å². The van der Waals surface area contributed by atoms with Crippen LogP contribution in [0.25, 0.3) is 0 Å². The first-order chi connectivity index (χ1) is 14.2. The molecule has 2 saturated heterocycles. The van der Waals surface area contributed by atoms with E-state index in [9.17, 15) is 0 Å². The van der Waals surface area contributed by atoms with Gasteiger partial charge in [-0.1, -0.05) is 12.8 Å². The van der Waals surface area contributed by atoms with Crippen LogP contribution in [0.5, 0.6) is 0 Å². The van der Waals surface area contributed by atoms with Crippen LogP contribution >= 0.6 is 11.3 Å². The number of guanidine groups is 1. The lowest BCUT2D eigenvalue weighted by Crippen LogP contribution is -2.47. The monoisotopic (exact) mass is 418 g/mol. The van der Waals surface area contributed by atoms with Crippen molar-refractivity contribution in [2.75, 3.05) is 39.8 Å². The number of nitrogens with zero attached hydrogens (tertiary/aromatic N) is 4. The van der Waals surface area contributed by atoms with E-state index in [1.165, 1.54) is 81.8 Å². The van der Waals surface area contributed by atoms with Crippen molar-refractivity contribution in [3.63, 3.8) is 0 Å². The second-order valence-corrected chi connectivity index (χ2v) is 10.2. The van der Waals surface area contributed by atoms with Gasteiger partial charge in [-0.15, -0.1) is 11.3 Å². The molecule has 1 aromatic rings. The normalized spacial score (nSPS) is 25.7. The van der Waals surface area contributed by atoms with E-state index in [4.69, 9.17) is 0 Å². The van der Waals surface area contributed by atoms with Crippen LogP contribution in [0.1, 0.15) is 55.6 Å². The third kappa shape index (κ3) is 5.92. The van der Waals surface area contributed by atoms with Crippen LogP contribution in [-0.4, -0.2) is 72.6 Å². The Labute approximate surface area is 180 Å². The molecule has 1 aliphatic carbocycles. The molecule has 0 spiro atoms. The Bertz CT molecular complexity index is 660. The molecule has 0 amide bonds. The minimum atomic E-state index is 0.546. The zero-order valence-corrected chi connectivity index (χ0v) is 19.0. The van der Waals surface area contributed by atoms with Crippen LogP contribution in [0.15, 0.2) is 10.4 Å². The summed E-state index contributed by atoms with van der Waals surface area (Å²) in [5.74, 6) is 1.73. The molecule has 1 unspecified atom stereocenters. The minimum absolute atomic E-state index is 0.546. The quantitative estimate of drug-likeness (QED) is 0.550. The summed E-state index contributed by atoms with van der Waals surface area (Å²) in [6.45, 7) is 8.90. The summed E-state index contributed by atoms with van der Waals surface area (Å²) in [7, 11) is 1.90. The average Bonchev–Trinajstić information content (AvgIpc) is 3.48. The number of hydrogen-bond acceptors (Lipinski definition) is 5. The van der Waals surface area contributed by atoms with Gasteiger partial charge in [0, 0.05) is 50.7 Å². The summed E-state index contributed by atoms with van der Waals surface area (Å²) in [4.78, 5) is 14.4. The zero-order chi connectivity index (χ0) is 20.1. The van der Waals surface area contributed by atoms with Gasteiger partial charge >= 0.3 is 0 Å². The molecule has 0 bridgehead atoms. The van der Waals surface area contributed by atoms with Crippen LogP contribution in [0.4, 0.5) is 0 Å². The van der Waals surface area contributed by atoms with Gasteiger partial charge in [0.25, 0.3) is 0 Å². The molecule has 1 aromatic heterocycles. The largest absolute Gasteiger partial charge is 0.356 e. The average molecular weight is 419 g/mol. The van der Waals surface area contributed by atoms with Crippen molar-refractivity contribution in [1.29, 1.82) is 0 Å². The lowest BCUT2D eigenvalue weighted by atomic mass is 9.97. The van der Waals surface area contributed by atoms with Crippen LogP contribution in [0, 0.1) is 12.8 Å². The molecule has 29 heavy (non-hydrogen) atoms. The van der Waals surface area contributed by atoms with Gasteiger partial charge in [-0.3, -0.25) is 14.8 Å². The molecule has 6 nitrogen and oxygen atoms in total. The van der Waals surface area contributed by atoms with Crippen LogP contribution in [-0.2, 0) is 6.54 Å². The van der Waals surface area contributed by atoms with Gasteiger partial charge < -0.3 is 10.6 Å². The summed E-state index contributed by atoms with van der Waals surface area (Å²) >= 11 is 1.76. The molecule has 4 rings (SSSR count). The molecule has 2 N–H and O–H groups in total. The highest BCUT2D eigenvalue weighted by atomic mass is 32.1. The van der Waals surface area contributed by atoms with Crippen molar-refractivity contribution in [1.82, 2.24) is 25.4 Å². The predicted molar refractivity (Wildman–Crippen MR) is 122 cm³/mol. The number of rotatable bonds is 6. The summed E-state index contributed by atoms with van der Waals surface area (Å²) < 4.78 is 0. The molecule has 3 fully saturated rings. The molecule has 1 atom stereocenters. The maximum absolute atomic E-state index is 4.61. The number of piperidine rings is 1. The van der Waals surface area contributed by atoms with Crippen molar-refractivity contribution < 1.29 is 0 Å². The highest BCUT2D eigenvalue weighted by molar-refractivity contribution is 7.09. The number of hydrogen-bond donors (Lipinski definition) is 2. The lowest BCUT2D eigenvalue weighted by molar-refractivity contribution is 0.176. The third-order valence-corrected chi connectivity index (χ3v) is 7.77. The van der Waals surface area contributed by atoms with Gasteiger partial charge in [0.1, 0.15) is 0 Å². The number of nitrogens with one attached hydrogen (secondary N) is 2. The van der Waals surface area contributed by atoms with Crippen molar-refractivity contribution in [2.45, 2.75) is 70.5 Å². The first-order valence-corrected chi connectivity index (χ1v) is 12.4. The molecule has 162 valence electrons. The molecule has 3 heterocycles. The molecule has 7 heteroatoms. The van der Waals surface area contributed by atoms with E-state index in [0.717, 1.165) is 31.0 Å². The van der Waals surface area contributed by atoms with Crippen molar-refractivity contribution in [3.05, 3.63) is 16.1 Å². The number of aryl methyl sites for hydroxylation is 1. The van der Waals surface area contributed by atoms with Crippen LogP contribution in [0.2, 0.25) is 0 Å². The fraction of sp³-hybridized carbons (Fsp3) is 0.818. The second kappa shape index (κ2) is 10.2. The summed E-state index contributed by atoms with van der Waals surface area (Å²) in [6, 6.07) is 1.39. The lowest BCUT2D eigenvalue weighted by Gasteiger charge is -2.32. The van der Waals surface area contributed by atoms with Crippen molar-refractivity contribution in [2.24, 2.45) is 10.9 Å². The maximum atomic E-state index is 4.61. The molecule has 2 aliphatic heterocycles. The Morgan fingerprint density at radius 3 is 2.66 bits per heavy atom. The number of aromatic nitrogens is 1. The summed E-state index contributed by atoms with van der Waals surface area (Å²) in [6.07, 6.45) is 9.40. The van der Waals surface area contributed by atoms with Gasteiger partial charge in [-0.2, -0.15) is 0 Å². The Balaban J connectivity index is 1.14. The van der Waals surface area contributed by atoms with E-state index < -0.39 is 0 Å². The molecular formula is C22H38N6S. The first kappa shape index (κ1) is 21.1. The van der Waals surface area contributed by atoms with Crippen LogP contribution in [0.3, 0.4) is 0 Å². The number of thiazole rings is 1. The molecule has 1 saturated carbocycles. The molecular weight excluding hydrogens is 380 g/mol. The Morgan fingerprint density at radius 2 is 1.97 bits per heavy atom. The Morgan fingerprint density at radius 1 is 1.17 bits per heavy atom. The van der Waals surface area contributed by atoms with Gasteiger partial charge in [-0.25, -0.2) is 4.98 Å². The SMILES string of the molecule is CN=C(NCC1CCN(Cc2csc(C)n2)CC1)NC1CCN(C2CCCC2)C1. The summed E-state index contributed by atoms with van der Waals surface area (Å²) in [5.41, 5.74) is 1.23. The first-order valence-electron chi connectivity index (χ1n) is 11.5. The van der Waals surface area contributed by atoms with E-state index in [1.807, 2.05) is 7.05 Å². The number of aliphatic imine (C=N–C) groups is 1. The van der Waals surface area contributed by atoms with E-state index in [-0.39, 0.29) is 0 Å². The van der Waals surface area contributed by atoms with Crippen molar-refractivity contribution >= 4 is 17.3 Å². The fourth-order valence-corrected chi connectivity index (χ4v) is 5.80. The van der Waals surface area contributed by atoms with Gasteiger partial charge in [0.2, 0.25) is 0 Å². The van der Waals surface area contributed by atoms with E-state index >= 15 is 0 Å². The summed E-state index contributed by atoms with van der Waals surface area (Å²) in [5, 5.41) is 10.7. The van der Waals surface area contributed by atoms with E-state index in [2.05, 4.69) is 42.7 Å². The smallest absolute Gasteiger partial charge is 0.191 e. The van der Waals surface area contributed by atoms with Crippen molar-refractivity contribution in [3.8, 4) is 0 Å². The van der Waals surface area contributed by atoms with Gasteiger partial charge in [-0.05, 0) is 58.0 Å². The third-order valence-electron chi connectivity index (χ3n) is 6.94. The molecule has 0 radical (unpaired) electrons. The van der Waals surface area contributed by atoms with Gasteiger partial charge in [0.05, 0.1) is 10.7 Å². The maximum Gasteiger partial charge on any atom is 0.191 e. The van der Waals surface area contributed by atoms with E-state index in [1.54, 1.807) is 11.3 Å². The van der Waals surface area contributed by atoms with Gasteiger partial charge in [0.15, 0.2) is 5.96 Å². The Kier molecular flexibility index (Phi) is 7.43. The second-order valence-electron chi connectivity index (χ2n) is 9.09. The fourth-order valence-electron chi connectivity index (χ4n) is 5.19. The molecule has 3 aliphatic rings. The topological polar surface area (TPSA) is 55.8 Å². The Hall–Kier alpha value is -1.18. The van der Waals surface area contributed by atoms with Crippen LogP contribution < -0.4 is 10.6 Å². The highest BCUT2D eigenvalue weighted by Crippen LogP contribution is 2.26. The number of likely N-dealkylation sites (tertiary alicyclic amines) is 2. The molecule has 0 aromatic carbocycles. The standard InChI is InChI=1S/C22H38N6S/c1-17-25-20(16-29-17)14-27-10-7-18(8-11-27)13-24-22(23-2)26-19-9-12-28(15-19)21-5-3-4-6-21/h16,18-19,21H,3-15H2,1-2H3,(H2,23,24,26). The minimum Gasteiger partial charge on any atom is -0.356 e.